The fourth-order valence-corrected chi connectivity index (χ4v) is 1.84. The quantitative estimate of drug-likeness (QED) is 0.718. The summed E-state index contributed by atoms with van der Waals surface area (Å²) in [5.74, 6) is -1.59. The van der Waals surface area contributed by atoms with Crippen LogP contribution < -0.4 is 0 Å². The Morgan fingerprint density at radius 1 is 1.29 bits per heavy atom. The van der Waals surface area contributed by atoms with Gasteiger partial charge in [0.2, 0.25) is 0 Å². The summed E-state index contributed by atoms with van der Waals surface area (Å²) < 4.78 is 26.2. The summed E-state index contributed by atoms with van der Waals surface area (Å²) in [6.45, 7) is 3.87. The van der Waals surface area contributed by atoms with Crippen LogP contribution in [0, 0.1) is 18.6 Å². The highest BCUT2D eigenvalue weighted by Gasteiger charge is 2.13. The van der Waals surface area contributed by atoms with Gasteiger partial charge in [0, 0.05) is 11.1 Å². The van der Waals surface area contributed by atoms with E-state index >= 15 is 0 Å². The molecule has 0 atom stereocenters. The molecule has 2 rings (SSSR count). The van der Waals surface area contributed by atoms with E-state index in [-0.39, 0.29) is 5.52 Å². The van der Waals surface area contributed by atoms with E-state index in [1.54, 1.807) is 6.07 Å². The number of aromatic amines is 1. The van der Waals surface area contributed by atoms with Crippen LogP contribution in [0.3, 0.4) is 0 Å². The summed E-state index contributed by atoms with van der Waals surface area (Å²) in [5.41, 5.74) is 2.24. The Morgan fingerprint density at radius 2 is 2.00 bits per heavy atom. The molecule has 0 aliphatic rings. The normalized spacial score (nSPS) is 11.1. The lowest BCUT2D eigenvalue weighted by molar-refractivity contribution is 0.515. The van der Waals surface area contributed by atoms with Crippen molar-refractivity contribution in [1.82, 2.24) is 4.98 Å². The van der Waals surface area contributed by atoms with E-state index in [0.29, 0.717) is 0 Å². The molecule has 0 amide bonds. The van der Waals surface area contributed by atoms with Gasteiger partial charge in [-0.15, -0.1) is 0 Å². The van der Waals surface area contributed by atoms with Gasteiger partial charge >= 0.3 is 0 Å². The van der Waals surface area contributed by atoms with E-state index in [9.17, 15) is 8.78 Å². The molecule has 0 aliphatic carbocycles. The molecule has 74 valence electrons. The smallest absolute Gasteiger partial charge is 0.182 e. The van der Waals surface area contributed by atoms with Crippen LogP contribution in [-0.4, -0.2) is 4.98 Å². The Labute approximate surface area is 80.7 Å². The zero-order chi connectivity index (χ0) is 10.3. The predicted octanol–water partition coefficient (Wildman–Crippen LogP) is 3.32. The van der Waals surface area contributed by atoms with Gasteiger partial charge in [-0.2, -0.15) is 0 Å². The summed E-state index contributed by atoms with van der Waals surface area (Å²) in [6.07, 6.45) is 0.816. The zero-order valence-electron chi connectivity index (χ0n) is 8.12. The molecule has 0 saturated carbocycles. The van der Waals surface area contributed by atoms with Crippen LogP contribution in [0.15, 0.2) is 12.1 Å². The Kier molecular flexibility index (Phi) is 2.02. The zero-order valence-corrected chi connectivity index (χ0v) is 8.12. The van der Waals surface area contributed by atoms with Crippen molar-refractivity contribution in [2.45, 2.75) is 20.3 Å². The molecule has 0 saturated heterocycles. The standard InChI is InChI=1S/C11H11F2N/c1-3-7-6(2)14-11-8(7)4-5-9(12)10(11)13/h4-5,14H,3H2,1-2H3. The number of aryl methyl sites for hydroxylation is 2. The highest BCUT2D eigenvalue weighted by molar-refractivity contribution is 5.85. The largest absolute Gasteiger partial charge is 0.356 e. The number of halogens is 2. The summed E-state index contributed by atoms with van der Waals surface area (Å²) in [5, 5.41) is 0.781. The van der Waals surface area contributed by atoms with Crippen LogP contribution in [0.2, 0.25) is 0 Å². The molecule has 1 heterocycles. The molecule has 0 radical (unpaired) electrons. The number of nitrogens with one attached hydrogen (secondary N) is 1. The first-order valence-corrected chi connectivity index (χ1v) is 4.60. The third kappa shape index (κ3) is 1.12. The van der Waals surface area contributed by atoms with Crippen LogP contribution in [0.4, 0.5) is 8.78 Å². The van der Waals surface area contributed by atoms with Crippen LogP contribution in [-0.2, 0) is 6.42 Å². The summed E-state index contributed by atoms with van der Waals surface area (Å²) in [7, 11) is 0. The molecule has 0 bridgehead atoms. The Hall–Kier alpha value is -1.38. The van der Waals surface area contributed by atoms with Gasteiger partial charge in [0.25, 0.3) is 0 Å². The maximum Gasteiger partial charge on any atom is 0.182 e. The topological polar surface area (TPSA) is 15.8 Å². The number of hydrogen-bond acceptors (Lipinski definition) is 0. The lowest BCUT2D eigenvalue weighted by Gasteiger charge is -1.96. The molecule has 2 aromatic rings. The van der Waals surface area contributed by atoms with E-state index in [2.05, 4.69) is 4.98 Å². The Bertz CT molecular complexity index is 485. The second-order valence-corrected chi connectivity index (χ2v) is 3.37. The Balaban J connectivity index is 2.87. The average Bonchev–Trinajstić information content (AvgIpc) is 2.49. The molecule has 0 spiro atoms. The highest BCUT2D eigenvalue weighted by atomic mass is 19.2. The van der Waals surface area contributed by atoms with E-state index in [4.69, 9.17) is 0 Å². The molecule has 3 heteroatoms. The van der Waals surface area contributed by atoms with Crippen LogP contribution >= 0.6 is 0 Å². The van der Waals surface area contributed by atoms with Crippen LogP contribution in [0.5, 0.6) is 0 Å². The molecular formula is C11H11F2N. The first-order valence-electron chi connectivity index (χ1n) is 4.60. The van der Waals surface area contributed by atoms with Crippen molar-refractivity contribution in [3.8, 4) is 0 Å². The molecule has 14 heavy (non-hydrogen) atoms. The van der Waals surface area contributed by atoms with Crippen molar-refractivity contribution in [2.75, 3.05) is 0 Å². The summed E-state index contributed by atoms with van der Waals surface area (Å²) in [4.78, 5) is 2.87. The van der Waals surface area contributed by atoms with Gasteiger partial charge in [0.1, 0.15) is 0 Å². The molecule has 1 nitrogen and oxygen atoms in total. The minimum absolute atomic E-state index is 0.277. The number of hydrogen-bond donors (Lipinski definition) is 1. The van der Waals surface area contributed by atoms with Crippen molar-refractivity contribution in [3.63, 3.8) is 0 Å². The van der Waals surface area contributed by atoms with E-state index < -0.39 is 11.6 Å². The van der Waals surface area contributed by atoms with Gasteiger partial charge < -0.3 is 4.98 Å². The van der Waals surface area contributed by atoms with Crippen molar-refractivity contribution in [3.05, 3.63) is 35.0 Å². The molecule has 0 fully saturated rings. The van der Waals surface area contributed by atoms with Crippen LogP contribution in [0.1, 0.15) is 18.2 Å². The molecule has 0 unspecified atom stereocenters. The van der Waals surface area contributed by atoms with Crippen molar-refractivity contribution in [1.29, 1.82) is 0 Å². The molecule has 0 aliphatic heterocycles. The highest BCUT2D eigenvalue weighted by Crippen LogP contribution is 2.25. The first-order chi connectivity index (χ1) is 6.65. The van der Waals surface area contributed by atoms with Crippen molar-refractivity contribution >= 4 is 10.9 Å². The number of H-pyrrole nitrogens is 1. The number of fused-ring (bicyclic) bond motifs is 1. The second kappa shape index (κ2) is 3.08. The minimum atomic E-state index is -0.804. The molecule has 1 N–H and O–H groups in total. The molecule has 1 aromatic heterocycles. The summed E-state index contributed by atoms with van der Waals surface area (Å²) >= 11 is 0. The lowest BCUT2D eigenvalue weighted by atomic mass is 10.1. The number of aromatic nitrogens is 1. The second-order valence-electron chi connectivity index (χ2n) is 3.37. The van der Waals surface area contributed by atoms with Crippen molar-refractivity contribution in [2.24, 2.45) is 0 Å². The van der Waals surface area contributed by atoms with Gasteiger partial charge in [-0.05, 0) is 31.0 Å². The third-order valence-electron chi connectivity index (χ3n) is 2.54. The maximum atomic E-state index is 13.3. The Morgan fingerprint density at radius 3 is 2.64 bits per heavy atom. The lowest BCUT2D eigenvalue weighted by Crippen LogP contribution is -1.85. The first kappa shape index (κ1) is 9.19. The van der Waals surface area contributed by atoms with Crippen molar-refractivity contribution < 1.29 is 8.78 Å². The van der Waals surface area contributed by atoms with E-state index in [1.807, 2.05) is 13.8 Å². The van der Waals surface area contributed by atoms with Crippen LogP contribution in [0.25, 0.3) is 10.9 Å². The summed E-state index contributed by atoms with van der Waals surface area (Å²) in [6, 6.07) is 2.79. The fourth-order valence-electron chi connectivity index (χ4n) is 1.84. The minimum Gasteiger partial charge on any atom is -0.356 e. The molecular weight excluding hydrogens is 184 g/mol. The molecule has 1 aromatic carbocycles. The monoisotopic (exact) mass is 195 g/mol. The van der Waals surface area contributed by atoms with Gasteiger partial charge in [0.15, 0.2) is 11.6 Å². The van der Waals surface area contributed by atoms with E-state index in [0.717, 1.165) is 23.1 Å². The van der Waals surface area contributed by atoms with Gasteiger partial charge in [-0.25, -0.2) is 8.78 Å². The van der Waals surface area contributed by atoms with Gasteiger partial charge in [0.05, 0.1) is 5.52 Å². The maximum absolute atomic E-state index is 13.3. The van der Waals surface area contributed by atoms with Gasteiger partial charge in [-0.3, -0.25) is 0 Å². The van der Waals surface area contributed by atoms with Gasteiger partial charge in [-0.1, -0.05) is 6.92 Å². The fraction of sp³-hybridized carbons (Fsp3) is 0.273. The number of benzene rings is 1. The average molecular weight is 195 g/mol. The number of rotatable bonds is 1. The third-order valence-corrected chi connectivity index (χ3v) is 2.54. The SMILES string of the molecule is CCc1c(C)[nH]c2c(F)c(F)ccc12. The predicted molar refractivity (Wildman–Crippen MR) is 52.3 cm³/mol. The van der Waals surface area contributed by atoms with E-state index in [1.165, 1.54) is 6.07 Å².